The van der Waals surface area contributed by atoms with Crippen molar-refractivity contribution in [3.8, 4) is 0 Å². The molecule has 3 aromatic rings. The van der Waals surface area contributed by atoms with E-state index in [2.05, 4.69) is 9.97 Å². The summed E-state index contributed by atoms with van der Waals surface area (Å²) in [6, 6.07) is 3.28. The number of fused-ring (bicyclic) bond motifs is 2. The molecule has 8 heteroatoms. The van der Waals surface area contributed by atoms with Gasteiger partial charge in [0.05, 0.1) is 10.3 Å². The molecule has 3 heterocycles. The van der Waals surface area contributed by atoms with Crippen molar-refractivity contribution in [1.29, 1.82) is 0 Å². The van der Waals surface area contributed by atoms with Crippen LogP contribution in [0.3, 0.4) is 0 Å². The summed E-state index contributed by atoms with van der Waals surface area (Å²) in [7, 11) is -3.69. The first-order chi connectivity index (χ1) is 12.2. The Morgan fingerprint density at radius 2 is 2.08 bits per heavy atom. The molecule has 1 atom stereocenters. The Labute approximate surface area is 157 Å². The van der Waals surface area contributed by atoms with Crippen LogP contribution < -0.4 is 0 Å². The number of aromatic nitrogens is 3. The van der Waals surface area contributed by atoms with Gasteiger partial charge in [-0.1, -0.05) is 32.4 Å². The number of sulfone groups is 1. The number of rotatable bonds is 2. The summed E-state index contributed by atoms with van der Waals surface area (Å²) in [6.45, 7) is 6.27. The molecule has 1 aliphatic rings. The van der Waals surface area contributed by atoms with Gasteiger partial charge in [-0.05, 0) is 18.6 Å². The molecule has 0 aliphatic carbocycles. The summed E-state index contributed by atoms with van der Waals surface area (Å²) < 4.78 is 34.6. The van der Waals surface area contributed by atoms with Gasteiger partial charge in [-0.2, -0.15) is 0 Å². The molecule has 1 aromatic carbocycles. The third kappa shape index (κ3) is 2.74. The second-order valence-electron chi connectivity index (χ2n) is 7.70. The first kappa shape index (κ1) is 17.5. The normalized spacial score (nSPS) is 18.2. The summed E-state index contributed by atoms with van der Waals surface area (Å²) in [5.74, 6) is 1.40. The standard InChI is InChI=1S/C18H20ClN3O3S/c1-18(2,3)17-21-13-6-5-12(19)16(15(13)25-17)26(23,24)11-4-7-14-20-8-9-22(14)10-11/h5-6,8-9,11H,4,7,10H2,1-3H3. The Balaban J connectivity index is 1.85. The molecule has 4 rings (SSSR count). The molecule has 138 valence electrons. The number of benzene rings is 1. The van der Waals surface area contributed by atoms with Crippen LogP contribution in [0.2, 0.25) is 5.02 Å². The topological polar surface area (TPSA) is 78.0 Å². The molecular formula is C18H20ClN3O3S. The number of imidazole rings is 1. The number of halogens is 1. The van der Waals surface area contributed by atoms with Gasteiger partial charge in [-0.3, -0.25) is 0 Å². The Hall–Kier alpha value is -1.86. The van der Waals surface area contributed by atoms with Crippen LogP contribution in [0.5, 0.6) is 0 Å². The number of hydrogen-bond donors (Lipinski definition) is 0. The lowest BCUT2D eigenvalue weighted by molar-refractivity contribution is 0.408. The predicted molar refractivity (Wildman–Crippen MR) is 99.2 cm³/mol. The van der Waals surface area contributed by atoms with Crippen LogP contribution in [0, 0.1) is 0 Å². The van der Waals surface area contributed by atoms with Crippen molar-refractivity contribution in [3.63, 3.8) is 0 Å². The Bertz CT molecular complexity index is 1090. The van der Waals surface area contributed by atoms with Crippen LogP contribution in [-0.4, -0.2) is 28.2 Å². The zero-order valence-electron chi connectivity index (χ0n) is 14.9. The molecule has 0 saturated heterocycles. The van der Waals surface area contributed by atoms with E-state index >= 15 is 0 Å². The van der Waals surface area contributed by atoms with Crippen molar-refractivity contribution >= 4 is 32.5 Å². The largest absolute Gasteiger partial charge is 0.439 e. The molecule has 6 nitrogen and oxygen atoms in total. The van der Waals surface area contributed by atoms with Gasteiger partial charge in [0.15, 0.2) is 15.4 Å². The lowest BCUT2D eigenvalue weighted by Gasteiger charge is -2.24. The highest BCUT2D eigenvalue weighted by Crippen LogP contribution is 2.37. The predicted octanol–water partition coefficient (Wildman–Crippen LogP) is 3.76. The van der Waals surface area contributed by atoms with Crippen molar-refractivity contribution in [2.45, 2.75) is 55.7 Å². The van der Waals surface area contributed by atoms with E-state index in [1.54, 1.807) is 18.3 Å². The fraction of sp³-hybridized carbons (Fsp3) is 0.444. The van der Waals surface area contributed by atoms with Crippen molar-refractivity contribution in [2.24, 2.45) is 0 Å². The Kier molecular flexibility index (Phi) is 3.93. The number of aryl methyl sites for hydroxylation is 1. The molecule has 1 aliphatic heterocycles. The number of oxazole rings is 1. The van der Waals surface area contributed by atoms with Crippen LogP contribution >= 0.6 is 11.6 Å². The highest BCUT2D eigenvalue weighted by molar-refractivity contribution is 7.92. The molecular weight excluding hydrogens is 374 g/mol. The molecule has 2 aromatic heterocycles. The first-order valence-corrected chi connectivity index (χ1v) is 10.4. The van der Waals surface area contributed by atoms with Gasteiger partial charge in [0, 0.05) is 30.8 Å². The van der Waals surface area contributed by atoms with Crippen LogP contribution in [0.15, 0.2) is 33.8 Å². The summed E-state index contributed by atoms with van der Waals surface area (Å²) in [5, 5.41) is -0.402. The molecule has 0 saturated carbocycles. The second-order valence-corrected chi connectivity index (χ2v) is 10.3. The van der Waals surface area contributed by atoms with Crippen molar-refractivity contribution in [1.82, 2.24) is 14.5 Å². The molecule has 0 amide bonds. The average molecular weight is 394 g/mol. The highest BCUT2D eigenvalue weighted by atomic mass is 35.5. The lowest BCUT2D eigenvalue weighted by Crippen LogP contribution is -2.32. The summed E-state index contributed by atoms with van der Waals surface area (Å²) in [6.07, 6.45) is 4.63. The molecule has 26 heavy (non-hydrogen) atoms. The van der Waals surface area contributed by atoms with Crippen LogP contribution in [0.25, 0.3) is 11.1 Å². The fourth-order valence-electron chi connectivity index (χ4n) is 3.28. The maximum atomic E-state index is 13.4. The highest BCUT2D eigenvalue weighted by Gasteiger charge is 2.36. The zero-order chi connectivity index (χ0) is 18.7. The van der Waals surface area contributed by atoms with Crippen molar-refractivity contribution < 1.29 is 12.8 Å². The third-order valence-corrected chi connectivity index (χ3v) is 7.38. The Morgan fingerprint density at radius 1 is 1.31 bits per heavy atom. The van der Waals surface area contributed by atoms with E-state index in [0.717, 1.165) is 5.82 Å². The van der Waals surface area contributed by atoms with E-state index < -0.39 is 15.1 Å². The van der Waals surface area contributed by atoms with Crippen LogP contribution in [0.1, 0.15) is 38.9 Å². The van der Waals surface area contributed by atoms with Gasteiger partial charge in [-0.15, -0.1) is 0 Å². The van der Waals surface area contributed by atoms with E-state index in [0.29, 0.717) is 30.8 Å². The maximum absolute atomic E-state index is 13.4. The number of nitrogens with zero attached hydrogens (tertiary/aromatic N) is 3. The SMILES string of the molecule is CC(C)(C)c1nc2ccc(Cl)c(S(=O)(=O)C3CCc4nccn4C3)c2o1. The molecule has 0 radical (unpaired) electrons. The zero-order valence-corrected chi connectivity index (χ0v) is 16.4. The minimum absolute atomic E-state index is 0.0493. The minimum atomic E-state index is -3.69. The van der Waals surface area contributed by atoms with Crippen LogP contribution in [0.4, 0.5) is 0 Å². The van der Waals surface area contributed by atoms with E-state index in [1.807, 2.05) is 31.5 Å². The average Bonchev–Trinajstić information content (AvgIpc) is 3.19. The van der Waals surface area contributed by atoms with E-state index in [4.69, 9.17) is 16.0 Å². The first-order valence-electron chi connectivity index (χ1n) is 8.51. The number of hydrogen-bond acceptors (Lipinski definition) is 5. The van der Waals surface area contributed by atoms with E-state index in [1.165, 1.54) is 0 Å². The molecule has 0 N–H and O–H groups in total. The monoisotopic (exact) mass is 393 g/mol. The summed E-state index contributed by atoms with van der Waals surface area (Å²) >= 11 is 6.32. The van der Waals surface area contributed by atoms with Crippen LogP contribution in [-0.2, 0) is 28.2 Å². The lowest BCUT2D eigenvalue weighted by atomic mass is 9.97. The second kappa shape index (κ2) is 5.82. The third-order valence-electron chi connectivity index (χ3n) is 4.72. The Morgan fingerprint density at radius 3 is 2.81 bits per heavy atom. The van der Waals surface area contributed by atoms with Gasteiger partial charge in [0.2, 0.25) is 5.89 Å². The van der Waals surface area contributed by atoms with E-state index in [9.17, 15) is 8.42 Å². The van der Waals surface area contributed by atoms with E-state index in [-0.39, 0.29) is 20.9 Å². The van der Waals surface area contributed by atoms with Gasteiger partial charge >= 0.3 is 0 Å². The summed E-state index contributed by atoms with van der Waals surface area (Å²) in [4.78, 5) is 8.77. The van der Waals surface area contributed by atoms with Gasteiger partial charge < -0.3 is 8.98 Å². The maximum Gasteiger partial charge on any atom is 0.200 e. The molecule has 0 spiro atoms. The van der Waals surface area contributed by atoms with Gasteiger partial charge in [0.1, 0.15) is 16.2 Å². The molecule has 0 fully saturated rings. The van der Waals surface area contributed by atoms with Crippen molar-refractivity contribution in [3.05, 3.63) is 41.3 Å². The smallest absolute Gasteiger partial charge is 0.200 e. The van der Waals surface area contributed by atoms with Gasteiger partial charge in [-0.25, -0.2) is 18.4 Å². The fourth-order valence-corrected chi connectivity index (χ4v) is 5.62. The quantitative estimate of drug-likeness (QED) is 0.662. The molecule has 1 unspecified atom stereocenters. The minimum Gasteiger partial charge on any atom is -0.439 e. The van der Waals surface area contributed by atoms with Crippen molar-refractivity contribution in [2.75, 3.05) is 0 Å². The summed E-state index contributed by atoms with van der Waals surface area (Å²) in [5.41, 5.74) is 0.430. The molecule has 0 bridgehead atoms. The van der Waals surface area contributed by atoms with Gasteiger partial charge in [0.25, 0.3) is 0 Å².